The summed E-state index contributed by atoms with van der Waals surface area (Å²) in [5.41, 5.74) is -3.77. The molecule has 3 rings (SSSR count). The van der Waals surface area contributed by atoms with Crippen LogP contribution in [0.1, 0.15) is 22.4 Å². The van der Waals surface area contributed by atoms with E-state index < -0.39 is 41.7 Å². The maximum atomic E-state index is 13.0. The van der Waals surface area contributed by atoms with Crippen LogP contribution in [0.25, 0.3) is 0 Å². The third-order valence-corrected chi connectivity index (χ3v) is 4.32. The average molecular weight is 419 g/mol. The molecule has 1 fully saturated rings. The van der Waals surface area contributed by atoms with Crippen LogP contribution in [0.5, 0.6) is 0 Å². The molecule has 1 saturated heterocycles. The zero-order valence-corrected chi connectivity index (χ0v) is 14.7. The molecule has 1 aromatic heterocycles. The van der Waals surface area contributed by atoms with Crippen molar-refractivity contribution in [3.8, 4) is 0 Å². The van der Waals surface area contributed by atoms with E-state index in [2.05, 4.69) is 15.6 Å². The molecule has 2 N–H and O–H groups in total. The summed E-state index contributed by atoms with van der Waals surface area (Å²) >= 11 is 0. The summed E-state index contributed by atoms with van der Waals surface area (Å²) in [7, 11) is 0. The van der Waals surface area contributed by atoms with Crippen molar-refractivity contribution in [1.29, 1.82) is 0 Å². The number of nitrogens with one attached hydrogen (secondary N) is 2. The summed E-state index contributed by atoms with van der Waals surface area (Å²) in [5.74, 6) is 0. The van der Waals surface area contributed by atoms with Gasteiger partial charge in [0.25, 0.3) is 0 Å². The molecule has 29 heavy (non-hydrogen) atoms. The van der Waals surface area contributed by atoms with Crippen molar-refractivity contribution in [2.45, 2.75) is 24.5 Å². The molecule has 2 aromatic rings. The Balaban J connectivity index is 1.81. The van der Waals surface area contributed by atoms with Crippen molar-refractivity contribution >= 4 is 6.03 Å². The van der Waals surface area contributed by atoms with E-state index in [9.17, 15) is 31.1 Å². The standard InChI is InChI=1S/C18H15F6N3O2/c19-17(20,21)12-5-11(6-13(7-12)18(22,23)24)8-29-10-16(9-26-15(28)27-16)14-3-1-2-4-25-14/h1-7H,8-10H2,(H2,26,27,28). The second kappa shape index (κ2) is 7.54. The summed E-state index contributed by atoms with van der Waals surface area (Å²) in [6.45, 7) is -0.628. The molecule has 2 heterocycles. The number of ether oxygens (including phenoxy) is 1. The van der Waals surface area contributed by atoms with E-state index in [1.807, 2.05) is 0 Å². The Morgan fingerprint density at radius 2 is 1.69 bits per heavy atom. The number of nitrogens with zero attached hydrogens (tertiary/aromatic N) is 1. The van der Waals surface area contributed by atoms with Crippen LogP contribution in [-0.4, -0.2) is 24.2 Å². The van der Waals surface area contributed by atoms with E-state index in [4.69, 9.17) is 4.74 Å². The lowest BCUT2D eigenvalue weighted by Crippen LogP contribution is -2.45. The number of carbonyl (C=O) groups excluding carboxylic acids is 1. The van der Waals surface area contributed by atoms with Gasteiger partial charge in [-0.15, -0.1) is 0 Å². The van der Waals surface area contributed by atoms with Gasteiger partial charge in [-0.1, -0.05) is 6.07 Å². The Morgan fingerprint density at radius 3 is 2.17 bits per heavy atom. The Kier molecular flexibility index (Phi) is 5.44. The number of pyridine rings is 1. The third-order valence-electron chi connectivity index (χ3n) is 4.32. The molecule has 1 atom stereocenters. The SMILES string of the molecule is O=C1NCC(COCc2cc(C(F)(F)F)cc(C(F)(F)F)c2)(c2ccccn2)N1. The van der Waals surface area contributed by atoms with E-state index in [-0.39, 0.29) is 24.8 Å². The molecule has 11 heteroatoms. The molecule has 5 nitrogen and oxygen atoms in total. The molecule has 0 saturated carbocycles. The number of hydrogen-bond donors (Lipinski definition) is 2. The highest BCUT2D eigenvalue weighted by Gasteiger charge is 2.41. The molecule has 1 aliphatic rings. The molecule has 1 aromatic carbocycles. The van der Waals surface area contributed by atoms with Crippen LogP contribution in [0.3, 0.4) is 0 Å². The number of benzene rings is 1. The molecule has 0 bridgehead atoms. The van der Waals surface area contributed by atoms with Crippen LogP contribution >= 0.6 is 0 Å². The minimum absolute atomic E-state index is 0.0555. The molecule has 2 amide bonds. The van der Waals surface area contributed by atoms with Gasteiger partial charge in [-0.25, -0.2) is 4.79 Å². The number of aromatic nitrogens is 1. The number of urea groups is 1. The molecular formula is C18H15F6N3O2. The Morgan fingerprint density at radius 1 is 1.03 bits per heavy atom. The van der Waals surface area contributed by atoms with Gasteiger partial charge in [0, 0.05) is 6.20 Å². The van der Waals surface area contributed by atoms with Crippen LogP contribution < -0.4 is 10.6 Å². The first kappa shape index (κ1) is 20.9. The lowest BCUT2D eigenvalue weighted by atomic mass is 9.97. The summed E-state index contributed by atoms with van der Waals surface area (Å²) < 4.78 is 83.2. The van der Waals surface area contributed by atoms with Gasteiger partial charge in [-0.2, -0.15) is 26.3 Å². The van der Waals surface area contributed by atoms with E-state index >= 15 is 0 Å². The zero-order valence-electron chi connectivity index (χ0n) is 14.7. The molecule has 1 aliphatic heterocycles. The van der Waals surface area contributed by atoms with Gasteiger partial charge in [-0.05, 0) is 35.9 Å². The number of halogens is 6. The summed E-state index contributed by atoms with van der Waals surface area (Å²) in [5, 5.41) is 5.19. The minimum Gasteiger partial charge on any atom is -0.374 e. The van der Waals surface area contributed by atoms with Crippen molar-refractivity contribution in [3.05, 3.63) is 65.0 Å². The molecule has 156 valence electrons. The van der Waals surface area contributed by atoms with E-state index in [0.717, 1.165) is 0 Å². The maximum Gasteiger partial charge on any atom is 0.416 e. The summed E-state index contributed by atoms with van der Waals surface area (Å²) in [6, 6.07) is 5.74. The van der Waals surface area contributed by atoms with Crippen molar-refractivity contribution < 1.29 is 35.9 Å². The number of rotatable bonds is 5. The predicted octanol–water partition coefficient (Wildman–Crippen LogP) is 3.84. The fourth-order valence-electron chi connectivity index (χ4n) is 2.94. The van der Waals surface area contributed by atoms with Crippen LogP contribution in [0, 0.1) is 0 Å². The van der Waals surface area contributed by atoms with Gasteiger partial charge >= 0.3 is 18.4 Å². The van der Waals surface area contributed by atoms with E-state index in [1.54, 1.807) is 18.2 Å². The molecular weight excluding hydrogens is 404 g/mol. The van der Waals surface area contributed by atoms with Gasteiger partial charge in [0.15, 0.2) is 0 Å². The maximum absolute atomic E-state index is 13.0. The first-order chi connectivity index (χ1) is 13.5. The highest BCUT2D eigenvalue weighted by Crippen LogP contribution is 2.36. The average Bonchev–Trinajstić information content (AvgIpc) is 3.03. The van der Waals surface area contributed by atoms with Gasteiger partial charge in [0.2, 0.25) is 0 Å². The second-order valence-corrected chi connectivity index (χ2v) is 6.51. The smallest absolute Gasteiger partial charge is 0.374 e. The lowest BCUT2D eigenvalue weighted by molar-refractivity contribution is -0.143. The molecule has 0 aliphatic carbocycles. The highest BCUT2D eigenvalue weighted by atomic mass is 19.4. The topological polar surface area (TPSA) is 63.2 Å². The van der Waals surface area contributed by atoms with Crippen molar-refractivity contribution in [2.24, 2.45) is 0 Å². The molecule has 0 spiro atoms. The Hall–Kier alpha value is -2.82. The normalized spacial score (nSPS) is 19.7. The number of carbonyl (C=O) groups is 1. The van der Waals surface area contributed by atoms with Gasteiger partial charge in [0.05, 0.1) is 36.6 Å². The fraction of sp³-hybridized carbons (Fsp3) is 0.333. The predicted molar refractivity (Wildman–Crippen MR) is 88.6 cm³/mol. The summed E-state index contributed by atoms with van der Waals surface area (Å²) in [6.07, 6.45) is -8.38. The van der Waals surface area contributed by atoms with Crippen LogP contribution in [0.2, 0.25) is 0 Å². The third kappa shape index (κ3) is 4.78. The molecule has 0 radical (unpaired) electrons. The first-order valence-corrected chi connectivity index (χ1v) is 8.33. The van der Waals surface area contributed by atoms with E-state index in [0.29, 0.717) is 17.8 Å². The summed E-state index contributed by atoms with van der Waals surface area (Å²) in [4.78, 5) is 15.8. The zero-order chi connectivity index (χ0) is 21.3. The minimum atomic E-state index is -4.94. The van der Waals surface area contributed by atoms with Crippen LogP contribution in [0.15, 0.2) is 42.6 Å². The van der Waals surface area contributed by atoms with Gasteiger partial charge in [0.1, 0.15) is 5.54 Å². The van der Waals surface area contributed by atoms with Crippen molar-refractivity contribution in [1.82, 2.24) is 15.6 Å². The highest BCUT2D eigenvalue weighted by molar-refractivity contribution is 5.78. The number of amides is 2. The van der Waals surface area contributed by atoms with Crippen molar-refractivity contribution in [3.63, 3.8) is 0 Å². The Bertz CT molecular complexity index is 853. The van der Waals surface area contributed by atoms with Gasteiger partial charge in [-0.3, -0.25) is 4.98 Å². The van der Waals surface area contributed by atoms with Crippen LogP contribution in [0.4, 0.5) is 31.1 Å². The Labute approximate surface area is 161 Å². The fourth-order valence-corrected chi connectivity index (χ4v) is 2.94. The quantitative estimate of drug-likeness (QED) is 0.724. The lowest BCUT2D eigenvalue weighted by Gasteiger charge is -2.27. The van der Waals surface area contributed by atoms with Crippen molar-refractivity contribution in [2.75, 3.05) is 13.2 Å². The second-order valence-electron chi connectivity index (χ2n) is 6.51. The van der Waals surface area contributed by atoms with E-state index in [1.165, 1.54) is 6.20 Å². The monoisotopic (exact) mass is 419 g/mol. The largest absolute Gasteiger partial charge is 0.416 e. The number of alkyl halides is 6. The van der Waals surface area contributed by atoms with Gasteiger partial charge < -0.3 is 15.4 Å². The number of hydrogen-bond acceptors (Lipinski definition) is 3. The molecule has 1 unspecified atom stereocenters. The first-order valence-electron chi connectivity index (χ1n) is 8.33. The van der Waals surface area contributed by atoms with Crippen LogP contribution in [-0.2, 0) is 29.2 Å².